The maximum atomic E-state index is 13.6. The predicted octanol–water partition coefficient (Wildman–Crippen LogP) is 1.32. The van der Waals surface area contributed by atoms with E-state index in [1.807, 2.05) is 0 Å². The first-order valence-corrected chi connectivity index (χ1v) is 5.58. The number of nitrogens with zero attached hydrogens (tertiary/aromatic N) is 1. The van der Waals surface area contributed by atoms with Crippen molar-refractivity contribution in [2.75, 3.05) is 26.2 Å². The third-order valence-electron chi connectivity index (χ3n) is 2.92. The average Bonchev–Trinajstić information content (AvgIpc) is 2.73. The molecule has 1 heterocycles. The zero-order valence-corrected chi connectivity index (χ0v) is 9.43. The van der Waals surface area contributed by atoms with Crippen molar-refractivity contribution in [3.63, 3.8) is 0 Å². The largest absolute Gasteiger partial charge is 0.448 e. The van der Waals surface area contributed by atoms with E-state index < -0.39 is 0 Å². The van der Waals surface area contributed by atoms with Gasteiger partial charge in [0.05, 0.1) is 6.54 Å². The van der Waals surface area contributed by atoms with Crippen molar-refractivity contribution in [2.45, 2.75) is 5.92 Å². The van der Waals surface area contributed by atoms with Gasteiger partial charge in [-0.05, 0) is 11.6 Å². The highest BCUT2D eigenvalue weighted by Crippen LogP contribution is 2.20. The van der Waals surface area contributed by atoms with Crippen LogP contribution >= 0.6 is 0 Å². The summed E-state index contributed by atoms with van der Waals surface area (Å²) in [5, 5.41) is 0. The molecular weight excluding hydrogens is 223 g/mol. The summed E-state index contributed by atoms with van der Waals surface area (Å²) < 4.78 is 18.4. The molecule has 17 heavy (non-hydrogen) atoms. The number of carbonyl (C=O) groups excluding carboxylic acids is 1. The molecule has 2 rings (SSSR count). The Morgan fingerprint density at radius 3 is 2.82 bits per heavy atom. The fourth-order valence-electron chi connectivity index (χ4n) is 1.96. The molecule has 0 radical (unpaired) electrons. The zero-order valence-electron chi connectivity index (χ0n) is 9.43. The molecule has 1 unspecified atom stereocenters. The zero-order chi connectivity index (χ0) is 12.3. The Kier molecular flexibility index (Phi) is 3.58. The molecule has 5 heteroatoms. The van der Waals surface area contributed by atoms with Crippen LogP contribution in [0.25, 0.3) is 0 Å². The number of cyclic esters (lactones) is 1. The molecule has 0 aliphatic carbocycles. The summed E-state index contributed by atoms with van der Waals surface area (Å²) in [6.07, 6.45) is -0.347. The third-order valence-corrected chi connectivity index (χ3v) is 2.92. The van der Waals surface area contributed by atoms with E-state index in [1.165, 1.54) is 6.07 Å². The van der Waals surface area contributed by atoms with Crippen LogP contribution in [0.15, 0.2) is 24.3 Å². The topological polar surface area (TPSA) is 55.6 Å². The lowest BCUT2D eigenvalue weighted by atomic mass is 9.98. The lowest BCUT2D eigenvalue weighted by molar-refractivity contribution is 0.157. The number of carbonyl (C=O) groups is 1. The van der Waals surface area contributed by atoms with Crippen LogP contribution in [-0.4, -0.2) is 37.2 Å². The van der Waals surface area contributed by atoms with Gasteiger partial charge in [0.25, 0.3) is 0 Å². The van der Waals surface area contributed by atoms with E-state index in [0.717, 1.165) is 0 Å². The lowest BCUT2D eigenvalue weighted by Gasteiger charge is -2.21. The van der Waals surface area contributed by atoms with E-state index in [2.05, 4.69) is 0 Å². The Morgan fingerprint density at radius 1 is 1.47 bits per heavy atom. The van der Waals surface area contributed by atoms with Gasteiger partial charge in [-0.25, -0.2) is 9.18 Å². The van der Waals surface area contributed by atoms with Crippen LogP contribution in [0.5, 0.6) is 0 Å². The smallest absolute Gasteiger partial charge is 0.409 e. The first kappa shape index (κ1) is 11.9. The number of hydrogen-bond acceptors (Lipinski definition) is 3. The first-order chi connectivity index (χ1) is 8.22. The second-order valence-corrected chi connectivity index (χ2v) is 4.01. The van der Waals surface area contributed by atoms with Crippen molar-refractivity contribution in [2.24, 2.45) is 5.73 Å². The Hall–Kier alpha value is -1.62. The average molecular weight is 238 g/mol. The van der Waals surface area contributed by atoms with Gasteiger partial charge in [-0.2, -0.15) is 0 Å². The van der Waals surface area contributed by atoms with Gasteiger partial charge >= 0.3 is 6.09 Å². The Bertz CT molecular complexity index is 411. The van der Waals surface area contributed by atoms with E-state index in [0.29, 0.717) is 31.8 Å². The van der Waals surface area contributed by atoms with Crippen molar-refractivity contribution in [1.29, 1.82) is 0 Å². The van der Waals surface area contributed by atoms with Crippen LogP contribution in [0.1, 0.15) is 11.5 Å². The fourth-order valence-corrected chi connectivity index (χ4v) is 1.96. The molecule has 2 N–H and O–H groups in total. The fraction of sp³-hybridized carbons (Fsp3) is 0.417. The van der Waals surface area contributed by atoms with Crippen LogP contribution in [-0.2, 0) is 4.74 Å². The standard InChI is InChI=1S/C12H15FN2O2/c13-11-4-2-1-3-10(11)9(7-14)8-15-5-6-17-12(15)16/h1-4,9H,5-8,14H2. The highest BCUT2D eigenvalue weighted by Gasteiger charge is 2.26. The van der Waals surface area contributed by atoms with Gasteiger partial charge in [-0.3, -0.25) is 0 Å². The quantitative estimate of drug-likeness (QED) is 0.860. The summed E-state index contributed by atoms with van der Waals surface area (Å²) in [4.78, 5) is 12.9. The van der Waals surface area contributed by atoms with Crippen LogP contribution in [0.4, 0.5) is 9.18 Å². The first-order valence-electron chi connectivity index (χ1n) is 5.58. The number of nitrogens with two attached hydrogens (primary N) is 1. The molecule has 0 spiro atoms. The third kappa shape index (κ3) is 2.55. The number of benzene rings is 1. The summed E-state index contributed by atoms with van der Waals surface area (Å²) in [5.74, 6) is -0.475. The normalized spacial score (nSPS) is 17.1. The van der Waals surface area contributed by atoms with E-state index in [9.17, 15) is 9.18 Å². The van der Waals surface area contributed by atoms with E-state index in [1.54, 1.807) is 23.1 Å². The summed E-state index contributed by atoms with van der Waals surface area (Å²) in [6.45, 7) is 1.64. The minimum Gasteiger partial charge on any atom is -0.448 e. The van der Waals surface area contributed by atoms with Crippen LogP contribution in [0.3, 0.4) is 0 Å². The molecule has 92 valence electrons. The van der Waals surface area contributed by atoms with Crippen molar-refractivity contribution in [3.05, 3.63) is 35.6 Å². The molecule has 1 atom stereocenters. The lowest BCUT2D eigenvalue weighted by Crippen LogP contribution is -2.32. The van der Waals surface area contributed by atoms with Crippen molar-refractivity contribution >= 4 is 6.09 Å². The number of halogens is 1. The highest BCUT2D eigenvalue weighted by molar-refractivity contribution is 5.69. The number of ether oxygens (including phenoxy) is 1. The molecule has 1 aliphatic rings. The van der Waals surface area contributed by atoms with Gasteiger partial charge in [-0.1, -0.05) is 18.2 Å². The maximum Gasteiger partial charge on any atom is 0.409 e. The molecule has 0 saturated carbocycles. The predicted molar refractivity (Wildman–Crippen MR) is 61.1 cm³/mol. The van der Waals surface area contributed by atoms with Gasteiger partial charge in [0.2, 0.25) is 0 Å². The highest BCUT2D eigenvalue weighted by atomic mass is 19.1. The molecular formula is C12H15FN2O2. The number of rotatable bonds is 4. The van der Waals surface area contributed by atoms with E-state index in [-0.39, 0.29) is 17.8 Å². The molecule has 0 bridgehead atoms. The van der Waals surface area contributed by atoms with E-state index in [4.69, 9.17) is 10.5 Å². The van der Waals surface area contributed by atoms with E-state index >= 15 is 0 Å². The van der Waals surface area contributed by atoms with Gasteiger partial charge in [0.1, 0.15) is 12.4 Å². The Labute approximate surface area is 99.2 Å². The Morgan fingerprint density at radius 2 is 2.24 bits per heavy atom. The van der Waals surface area contributed by atoms with Gasteiger partial charge in [-0.15, -0.1) is 0 Å². The van der Waals surface area contributed by atoms with Crippen molar-refractivity contribution in [3.8, 4) is 0 Å². The molecule has 4 nitrogen and oxygen atoms in total. The van der Waals surface area contributed by atoms with Crippen molar-refractivity contribution < 1.29 is 13.9 Å². The van der Waals surface area contributed by atoms with Crippen LogP contribution < -0.4 is 5.73 Å². The summed E-state index contributed by atoms with van der Waals surface area (Å²) >= 11 is 0. The Balaban J connectivity index is 2.11. The minimum atomic E-state index is -0.347. The second kappa shape index (κ2) is 5.14. The molecule has 1 saturated heterocycles. The maximum absolute atomic E-state index is 13.6. The monoisotopic (exact) mass is 238 g/mol. The molecule has 1 fully saturated rings. The number of amides is 1. The summed E-state index contributed by atoms with van der Waals surface area (Å²) in [6, 6.07) is 6.51. The summed E-state index contributed by atoms with van der Waals surface area (Å²) in [7, 11) is 0. The summed E-state index contributed by atoms with van der Waals surface area (Å²) in [5.41, 5.74) is 6.20. The van der Waals surface area contributed by atoms with Gasteiger partial charge in [0.15, 0.2) is 0 Å². The van der Waals surface area contributed by atoms with Crippen LogP contribution in [0.2, 0.25) is 0 Å². The van der Waals surface area contributed by atoms with Gasteiger partial charge in [0, 0.05) is 19.0 Å². The van der Waals surface area contributed by atoms with Crippen molar-refractivity contribution in [1.82, 2.24) is 4.90 Å². The number of hydrogen-bond donors (Lipinski definition) is 1. The van der Waals surface area contributed by atoms with Crippen LogP contribution in [0, 0.1) is 5.82 Å². The molecule has 0 aromatic heterocycles. The molecule has 1 aromatic rings. The minimum absolute atomic E-state index is 0.193. The second-order valence-electron chi connectivity index (χ2n) is 4.01. The molecule has 1 amide bonds. The molecule has 1 aromatic carbocycles. The SMILES string of the molecule is NCC(CN1CCOC1=O)c1ccccc1F. The molecule has 1 aliphatic heterocycles. The van der Waals surface area contributed by atoms with Gasteiger partial charge < -0.3 is 15.4 Å².